The van der Waals surface area contributed by atoms with Crippen LogP contribution in [0.3, 0.4) is 0 Å². The number of nitrogens with two attached hydrogens (primary N) is 1. The van der Waals surface area contributed by atoms with Gasteiger partial charge in [-0.15, -0.1) is 0 Å². The van der Waals surface area contributed by atoms with Gasteiger partial charge in [-0.1, -0.05) is 0 Å². The maximum atomic E-state index is 5.86. The van der Waals surface area contributed by atoms with Gasteiger partial charge in [0.2, 0.25) is 5.75 Å². The maximum absolute atomic E-state index is 5.86. The standard InChI is InChI=1S/C13H22N4O2/c1-9(10-4-5-10)17(6-7-18-2)13-11(19-3)12(14)15-8-16-13/h8-10H,4-7H2,1-3H3,(H2,14,15,16). The van der Waals surface area contributed by atoms with Crippen LogP contribution < -0.4 is 15.4 Å². The molecule has 1 aromatic heterocycles. The van der Waals surface area contributed by atoms with Gasteiger partial charge in [0, 0.05) is 19.7 Å². The van der Waals surface area contributed by atoms with Crippen LogP contribution in [0.4, 0.5) is 11.6 Å². The third-order valence-corrected chi connectivity index (χ3v) is 3.62. The highest BCUT2D eigenvalue weighted by molar-refractivity contribution is 5.63. The number of rotatable bonds is 7. The molecule has 0 aliphatic heterocycles. The highest BCUT2D eigenvalue weighted by atomic mass is 16.5. The SMILES string of the molecule is COCCN(c1ncnc(N)c1OC)C(C)C1CC1. The smallest absolute Gasteiger partial charge is 0.204 e. The van der Waals surface area contributed by atoms with E-state index < -0.39 is 0 Å². The Bertz CT molecular complexity index is 423. The van der Waals surface area contributed by atoms with E-state index in [2.05, 4.69) is 21.8 Å². The van der Waals surface area contributed by atoms with Gasteiger partial charge in [-0.25, -0.2) is 9.97 Å². The van der Waals surface area contributed by atoms with Gasteiger partial charge < -0.3 is 20.1 Å². The summed E-state index contributed by atoms with van der Waals surface area (Å²) in [5.41, 5.74) is 5.86. The van der Waals surface area contributed by atoms with E-state index in [0.29, 0.717) is 24.2 Å². The third-order valence-electron chi connectivity index (χ3n) is 3.62. The number of aromatic nitrogens is 2. The number of nitrogens with zero attached hydrogens (tertiary/aromatic N) is 3. The number of nitrogen functional groups attached to an aromatic ring is 1. The number of hydrogen-bond donors (Lipinski definition) is 1. The van der Waals surface area contributed by atoms with Crippen molar-refractivity contribution in [3.05, 3.63) is 6.33 Å². The molecular formula is C13H22N4O2. The number of ether oxygens (including phenoxy) is 2. The predicted octanol–water partition coefficient (Wildman–Crippen LogP) is 1.32. The lowest BCUT2D eigenvalue weighted by Gasteiger charge is -2.31. The van der Waals surface area contributed by atoms with E-state index in [-0.39, 0.29) is 0 Å². The Hall–Kier alpha value is -1.56. The zero-order chi connectivity index (χ0) is 13.8. The second-order valence-electron chi connectivity index (χ2n) is 4.88. The maximum Gasteiger partial charge on any atom is 0.204 e. The normalized spacial score (nSPS) is 16.2. The summed E-state index contributed by atoms with van der Waals surface area (Å²) in [5, 5.41) is 0. The quantitative estimate of drug-likeness (QED) is 0.802. The lowest BCUT2D eigenvalue weighted by atomic mass is 10.2. The minimum Gasteiger partial charge on any atom is -0.490 e. The molecule has 6 nitrogen and oxygen atoms in total. The first kappa shape index (κ1) is 13.9. The number of methoxy groups -OCH3 is 2. The summed E-state index contributed by atoms with van der Waals surface area (Å²) < 4.78 is 10.5. The molecule has 0 radical (unpaired) electrons. The van der Waals surface area contributed by atoms with Crippen LogP contribution in [-0.4, -0.2) is 43.4 Å². The van der Waals surface area contributed by atoms with Crippen molar-refractivity contribution in [3.63, 3.8) is 0 Å². The first-order valence-corrected chi connectivity index (χ1v) is 6.59. The molecule has 0 spiro atoms. The summed E-state index contributed by atoms with van der Waals surface area (Å²) >= 11 is 0. The van der Waals surface area contributed by atoms with Gasteiger partial charge in [0.1, 0.15) is 6.33 Å². The van der Waals surface area contributed by atoms with Crippen LogP contribution in [0, 0.1) is 5.92 Å². The molecule has 0 amide bonds. The molecule has 0 bridgehead atoms. The Morgan fingerprint density at radius 1 is 1.42 bits per heavy atom. The Labute approximate surface area is 113 Å². The molecule has 1 unspecified atom stereocenters. The average Bonchev–Trinajstić information content (AvgIpc) is 3.23. The van der Waals surface area contributed by atoms with Crippen molar-refractivity contribution in [3.8, 4) is 5.75 Å². The largest absolute Gasteiger partial charge is 0.490 e. The minimum atomic E-state index is 0.373. The van der Waals surface area contributed by atoms with Crippen LogP contribution in [0.25, 0.3) is 0 Å². The van der Waals surface area contributed by atoms with Crippen molar-refractivity contribution in [2.24, 2.45) is 5.92 Å². The minimum absolute atomic E-state index is 0.373. The van der Waals surface area contributed by atoms with E-state index >= 15 is 0 Å². The molecule has 106 valence electrons. The Morgan fingerprint density at radius 2 is 2.16 bits per heavy atom. The van der Waals surface area contributed by atoms with Crippen LogP contribution in [0.15, 0.2) is 6.33 Å². The van der Waals surface area contributed by atoms with E-state index in [1.54, 1.807) is 14.2 Å². The van der Waals surface area contributed by atoms with Crippen LogP contribution in [0.1, 0.15) is 19.8 Å². The van der Waals surface area contributed by atoms with Gasteiger partial charge in [0.15, 0.2) is 11.6 Å². The van der Waals surface area contributed by atoms with E-state index in [1.807, 2.05) is 0 Å². The molecule has 6 heteroatoms. The molecule has 0 saturated heterocycles. The van der Waals surface area contributed by atoms with Crippen molar-refractivity contribution in [2.45, 2.75) is 25.8 Å². The van der Waals surface area contributed by atoms with Crippen LogP contribution in [-0.2, 0) is 4.74 Å². The molecule has 19 heavy (non-hydrogen) atoms. The van der Waals surface area contributed by atoms with Gasteiger partial charge in [-0.3, -0.25) is 0 Å². The number of hydrogen-bond acceptors (Lipinski definition) is 6. The molecule has 0 aromatic carbocycles. The fourth-order valence-electron chi connectivity index (χ4n) is 2.30. The van der Waals surface area contributed by atoms with Crippen LogP contribution in [0.2, 0.25) is 0 Å². The van der Waals surface area contributed by atoms with Gasteiger partial charge in [0.25, 0.3) is 0 Å². The van der Waals surface area contributed by atoms with Gasteiger partial charge in [-0.05, 0) is 25.7 Å². The molecular weight excluding hydrogens is 244 g/mol. The summed E-state index contributed by atoms with van der Waals surface area (Å²) in [5.74, 6) is 2.40. The zero-order valence-corrected chi connectivity index (χ0v) is 11.8. The summed E-state index contributed by atoms with van der Waals surface area (Å²) in [6.07, 6.45) is 4.02. The van der Waals surface area contributed by atoms with Crippen molar-refractivity contribution < 1.29 is 9.47 Å². The van der Waals surface area contributed by atoms with Gasteiger partial charge in [-0.2, -0.15) is 0 Å². The molecule has 1 atom stereocenters. The zero-order valence-electron chi connectivity index (χ0n) is 11.8. The summed E-state index contributed by atoms with van der Waals surface area (Å²) in [7, 11) is 3.29. The Kier molecular flexibility index (Phi) is 4.42. The highest BCUT2D eigenvalue weighted by Gasteiger charge is 2.34. The van der Waals surface area contributed by atoms with Gasteiger partial charge in [0.05, 0.1) is 13.7 Å². The summed E-state index contributed by atoms with van der Waals surface area (Å²) in [4.78, 5) is 10.5. The fraction of sp³-hybridized carbons (Fsp3) is 0.692. The van der Waals surface area contributed by atoms with Crippen molar-refractivity contribution in [1.29, 1.82) is 0 Å². The van der Waals surface area contributed by atoms with E-state index in [1.165, 1.54) is 19.2 Å². The second-order valence-corrected chi connectivity index (χ2v) is 4.88. The lowest BCUT2D eigenvalue weighted by molar-refractivity contribution is 0.202. The molecule has 2 rings (SSSR count). The fourth-order valence-corrected chi connectivity index (χ4v) is 2.30. The van der Waals surface area contributed by atoms with Gasteiger partial charge >= 0.3 is 0 Å². The second kappa shape index (κ2) is 6.06. The Balaban J connectivity index is 2.28. The van der Waals surface area contributed by atoms with Crippen LogP contribution >= 0.6 is 0 Å². The van der Waals surface area contributed by atoms with Crippen molar-refractivity contribution in [1.82, 2.24) is 9.97 Å². The number of anilines is 2. The van der Waals surface area contributed by atoms with Crippen LogP contribution in [0.5, 0.6) is 5.75 Å². The molecule has 1 aliphatic rings. The van der Waals surface area contributed by atoms with Crippen molar-refractivity contribution in [2.75, 3.05) is 38.0 Å². The highest BCUT2D eigenvalue weighted by Crippen LogP contribution is 2.39. The average molecular weight is 266 g/mol. The predicted molar refractivity (Wildman–Crippen MR) is 74.4 cm³/mol. The monoisotopic (exact) mass is 266 g/mol. The third kappa shape index (κ3) is 3.07. The first-order chi connectivity index (χ1) is 9.19. The summed E-state index contributed by atoms with van der Waals surface area (Å²) in [6, 6.07) is 0.401. The summed E-state index contributed by atoms with van der Waals surface area (Å²) in [6.45, 7) is 3.62. The Morgan fingerprint density at radius 3 is 2.74 bits per heavy atom. The molecule has 1 heterocycles. The van der Waals surface area contributed by atoms with E-state index in [0.717, 1.165) is 18.3 Å². The molecule has 1 fully saturated rings. The molecule has 2 N–H and O–H groups in total. The molecule has 1 saturated carbocycles. The van der Waals surface area contributed by atoms with E-state index in [9.17, 15) is 0 Å². The van der Waals surface area contributed by atoms with Crippen molar-refractivity contribution >= 4 is 11.6 Å². The van der Waals surface area contributed by atoms with E-state index in [4.69, 9.17) is 15.2 Å². The molecule has 1 aromatic rings. The topological polar surface area (TPSA) is 73.5 Å². The molecule has 1 aliphatic carbocycles. The first-order valence-electron chi connectivity index (χ1n) is 6.59. The lowest BCUT2D eigenvalue weighted by Crippen LogP contribution is -2.38.